The predicted octanol–water partition coefficient (Wildman–Crippen LogP) is 6.22. The smallest absolute Gasteiger partial charge is 0.0144 e. The van der Waals surface area contributed by atoms with Crippen molar-refractivity contribution in [2.45, 2.75) is 81.1 Å². The van der Waals surface area contributed by atoms with Crippen molar-refractivity contribution in [2.24, 2.45) is 16.2 Å². The maximum atomic E-state index is 2.47. The quantitative estimate of drug-likeness (QED) is 0.482. The first-order chi connectivity index (χ1) is 7.60. The maximum Gasteiger partial charge on any atom is -0.0144 e. The lowest BCUT2D eigenvalue weighted by molar-refractivity contribution is 0.180. The van der Waals surface area contributed by atoms with E-state index in [1.54, 1.807) is 0 Å². The van der Waals surface area contributed by atoms with Crippen LogP contribution in [0.1, 0.15) is 81.1 Å². The highest BCUT2D eigenvalue weighted by Gasteiger charge is 2.30. The van der Waals surface area contributed by atoms with Crippen LogP contribution in [0.3, 0.4) is 0 Å². The Morgan fingerprint density at radius 1 is 0.706 bits per heavy atom. The highest BCUT2D eigenvalue weighted by molar-refractivity contribution is 5.03. The van der Waals surface area contributed by atoms with Gasteiger partial charge in [0, 0.05) is 0 Å². The van der Waals surface area contributed by atoms with Gasteiger partial charge in [0.15, 0.2) is 0 Å². The molecule has 1 unspecified atom stereocenters. The predicted molar refractivity (Wildman–Crippen MR) is 80.3 cm³/mol. The van der Waals surface area contributed by atoms with Gasteiger partial charge >= 0.3 is 0 Å². The van der Waals surface area contributed by atoms with E-state index < -0.39 is 0 Å². The molecule has 0 rings (SSSR count). The lowest BCUT2D eigenvalue weighted by atomic mass is 9.68. The summed E-state index contributed by atoms with van der Waals surface area (Å²) < 4.78 is 0. The third-order valence-corrected chi connectivity index (χ3v) is 4.33. The first-order valence-electron chi connectivity index (χ1n) is 7.30. The van der Waals surface area contributed by atoms with E-state index in [1.807, 2.05) is 0 Å². The summed E-state index contributed by atoms with van der Waals surface area (Å²) in [7, 11) is 0. The molecule has 0 saturated heterocycles. The van der Waals surface area contributed by atoms with Gasteiger partial charge in [0.1, 0.15) is 0 Å². The molecule has 0 radical (unpaired) electrons. The Morgan fingerprint density at radius 3 is 1.47 bits per heavy atom. The van der Waals surface area contributed by atoms with Gasteiger partial charge in [0.2, 0.25) is 0 Å². The van der Waals surface area contributed by atoms with Crippen molar-refractivity contribution in [3.8, 4) is 0 Å². The molecule has 0 heterocycles. The van der Waals surface area contributed by atoms with Gasteiger partial charge in [-0.05, 0) is 29.1 Å². The molecule has 102 valence electrons. The van der Waals surface area contributed by atoms with Crippen molar-refractivity contribution < 1.29 is 0 Å². The molecule has 0 aromatic heterocycles. The van der Waals surface area contributed by atoms with Crippen LogP contribution in [0.15, 0.2) is 12.2 Å². The van der Waals surface area contributed by atoms with E-state index in [1.165, 1.54) is 25.7 Å². The number of rotatable bonds is 6. The molecule has 0 saturated carbocycles. The summed E-state index contributed by atoms with van der Waals surface area (Å²) >= 11 is 0. The third kappa shape index (κ3) is 6.29. The molecule has 0 N–H and O–H groups in total. The van der Waals surface area contributed by atoms with Crippen LogP contribution in [-0.4, -0.2) is 0 Å². The Hall–Kier alpha value is -0.260. The zero-order valence-corrected chi connectivity index (χ0v) is 13.5. The normalized spacial score (nSPS) is 17.4. The van der Waals surface area contributed by atoms with Crippen LogP contribution in [0.2, 0.25) is 0 Å². The van der Waals surface area contributed by atoms with E-state index in [-0.39, 0.29) is 0 Å². The van der Waals surface area contributed by atoms with Crippen LogP contribution in [-0.2, 0) is 0 Å². The van der Waals surface area contributed by atoms with Crippen LogP contribution in [0.5, 0.6) is 0 Å². The summed E-state index contributed by atoms with van der Waals surface area (Å²) in [6.07, 6.45) is 9.95. The average molecular weight is 238 g/mol. The topological polar surface area (TPSA) is 0 Å². The zero-order valence-electron chi connectivity index (χ0n) is 13.5. The van der Waals surface area contributed by atoms with Gasteiger partial charge in [-0.25, -0.2) is 0 Å². The van der Waals surface area contributed by atoms with E-state index in [0.717, 1.165) is 0 Å². The fourth-order valence-electron chi connectivity index (χ4n) is 2.23. The van der Waals surface area contributed by atoms with Crippen molar-refractivity contribution in [3.63, 3.8) is 0 Å². The average Bonchev–Trinajstić information content (AvgIpc) is 2.25. The van der Waals surface area contributed by atoms with Crippen LogP contribution in [0.25, 0.3) is 0 Å². The second-order valence-electron chi connectivity index (χ2n) is 7.40. The Kier molecular flexibility index (Phi) is 5.98. The molecule has 0 aliphatic carbocycles. The summed E-state index contributed by atoms with van der Waals surface area (Å²) in [6.45, 7) is 18.7. The Morgan fingerprint density at radius 2 is 1.18 bits per heavy atom. The van der Waals surface area contributed by atoms with Crippen LogP contribution in [0.4, 0.5) is 0 Å². The first-order valence-corrected chi connectivity index (χ1v) is 7.30. The zero-order chi connectivity index (χ0) is 13.7. The number of hydrogen-bond acceptors (Lipinski definition) is 0. The van der Waals surface area contributed by atoms with E-state index in [4.69, 9.17) is 0 Å². The Bertz CT molecular complexity index is 237. The molecule has 17 heavy (non-hydrogen) atoms. The third-order valence-electron chi connectivity index (χ3n) is 4.33. The summed E-state index contributed by atoms with van der Waals surface area (Å²) in [5.41, 5.74) is 1.15. The largest absolute Gasteiger partial charge is 0.0826 e. The van der Waals surface area contributed by atoms with Crippen LogP contribution in [0, 0.1) is 16.2 Å². The monoisotopic (exact) mass is 238 g/mol. The van der Waals surface area contributed by atoms with Gasteiger partial charge in [-0.1, -0.05) is 80.4 Å². The minimum atomic E-state index is 0.297. The maximum absolute atomic E-state index is 2.47. The second-order valence-corrected chi connectivity index (χ2v) is 7.40. The van der Waals surface area contributed by atoms with E-state index in [2.05, 4.69) is 67.5 Å². The number of allylic oxidation sites excluding steroid dienone is 2. The fraction of sp³-hybridized carbons (Fsp3) is 0.882. The molecule has 0 amide bonds. The lowest BCUT2D eigenvalue weighted by Crippen LogP contribution is -2.25. The summed E-state index contributed by atoms with van der Waals surface area (Å²) in [5.74, 6) is 0. The highest BCUT2D eigenvalue weighted by Crippen LogP contribution is 2.42. The highest BCUT2D eigenvalue weighted by atomic mass is 14.4. The Labute approximate surface area is 110 Å². The summed E-state index contributed by atoms with van der Waals surface area (Å²) in [6, 6.07) is 0. The minimum absolute atomic E-state index is 0.297. The molecule has 0 heteroatoms. The molecule has 0 aliphatic rings. The molecular weight excluding hydrogens is 204 g/mol. The summed E-state index contributed by atoms with van der Waals surface area (Å²) in [5, 5.41) is 0. The van der Waals surface area contributed by atoms with Gasteiger partial charge in [-0.15, -0.1) is 0 Å². The van der Waals surface area contributed by atoms with Gasteiger partial charge in [-0.2, -0.15) is 0 Å². The van der Waals surface area contributed by atoms with Gasteiger partial charge in [0.05, 0.1) is 0 Å². The molecule has 0 fully saturated rings. The van der Waals surface area contributed by atoms with Crippen molar-refractivity contribution >= 4 is 0 Å². The van der Waals surface area contributed by atoms with Gasteiger partial charge < -0.3 is 0 Å². The number of hydrogen-bond donors (Lipinski definition) is 0. The van der Waals surface area contributed by atoms with Crippen molar-refractivity contribution in [1.82, 2.24) is 0 Å². The molecule has 0 nitrogen and oxygen atoms in total. The molecule has 0 aromatic rings. The molecule has 0 bridgehead atoms. The molecule has 0 aliphatic heterocycles. The summed E-state index contributed by atoms with van der Waals surface area (Å²) in [4.78, 5) is 0. The minimum Gasteiger partial charge on any atom is -0.0826 e. The lowest BCUT2D eigenvalue weighted by Gasteiger charge is -2.37. The van der Waals surface area contributed by atoms with Gasteiger partial charge in [0.25, 0.3) is 0 Å². The standard InChI is InChI=1S/C17H34/c1-9-16(7,10-2)14-17(8,11-3)13-12-15(4,5)6/h12-13H,9-11,14H2,1-8H3. The molecule has 1 atom stereocenters. The molecule has 0 aromatic carbocycles. The van der Waals surface area contributed by atoms with Crippen LogP contribution < -0.4 is 0 Å². The van der Waals surface area contributed by atoms with E-state index >= 15 is 0 Å². The van der Waals surface area contributed by atoms with Crippen molar-refractivity contribution in [1.29, 1.82) is 0 Å². The SMILES string of the molecule is CCC(C)(C=CC(C)(C)C)CC(C)(CC)CC. The van der Waals surface area contributed by atoms with E-state index in [9.17, 15) is 0 Å². The van der Waals surface area contributed by atoms with Crippen molar-refractivity contribution in [2.75, 3.05) is 0 Å². The molecule has 0 spiro atoms. The fourth-order valence-corrected chi connectivity index (χ4v) is 2.23. The van der Waals surface area contributed by atoms with Gasteiger partial charge in [-0.3, -0.25) is 0 Å². The van der Waals surface area contributed by atoms with E-state index in [0.29, 0.717) is 16.2 Å². The Balaban J connectivity index is 4.86. The van der Waals surface area contributed by atoms with Crippen LogP contribution >= 0.6 is 0 Å². The second kappa shape index (κ2) is 6.07. The van der Waals surface area contributed by atoms with Crippen molar-refractivity contribution in [3.05, 3.63) is 12.2 Å². The first kappa shape index (κ1) is 16.7. The molecular formula is C17H34.